The Bertz CT molecular complexity index is 1360. The van der Waals surface area contributed by atoms with Gasteiger partial charge in [-0.2, -0.15) is 0 Å². The van der Waals surface area contributed by atoms with Crippen molar-refractivity contribution in [3.05, 3.63) is 74.3 Å². The van der Waals surface area contributed by atoms with Gasteiger partial charge in [-0.3, -0.25) is 9.36 Å². The highest BCUT2D eigenvalue weighted by molar-refractivity contribution is 7.18. The van der Waals surface area contributed by atoms with Gasteiger partial charge < -0.3 is 15.4 Å². The first-order chi connectivity index (χ1) is 16.5. The zero-order valence-electron chi connectivity index (χ0n) is 19.1. The predicted molar refractivity (Wildman–Crippen MR) is 130 cm³/mol. The van der Waals surface area contributed by atoms with E-state index in [-0.39, 0.29) is 24.3 Å². The topological polar surface area (TPSA) is 102 Å². The molecule has 5 rings (SSSR count). The third-order valence-corrected chi connectivity index (χ3v) is 7.55. The van der Waals surface area contributed by atoms with Crippen molar-refractivity contribution >= 4 is 33.6 Å². The Morgan fingerprint density at radius 1 is 1.26 bits per heavy atom. The van der Waals surface area contributed by atoms with Crippen LogP contribution in [0.2, 0.25) is 0 Å². The van der Waals surface area contributed by atoms with E-state index >= 15 is 0 Å². The number of aromatic nitrogens is 2. The van der Waals surface area contributed by atoms with E-state index in [0.29, 0.717) is 17.0 Å². The van der Waals surface area contributed by atoms with Crippen molar-refractivity contribution in [3.63, 3.8) is 0 Å². The molecule has 3 aromatic rings. The van der Waals surface area contributed by atoms with Gasteiger partial charge in [-0.15, -0.1) is 11.3 Å². The summed E-state index contributed by atoms with van der Waals surface area (Å²) in [5.41, 5.74) is 2.30. The average Bonchev–Trinajstić information content (AvgIpc) is 3.19. The number of hydrogen-bond donors (Lipinski definition) is 2. The molecule has 0 bridgehead atoms. The molecule has 2 aliphatic rings. The molecule has 8 nitrogen and oxygen atoms in total. The molecule has 0 radical (unpaired) electrons. The number of amides is 2. The monoisotopic (exact) mass is 478 g/mol. The summed E-state index contributed by atoms with van der Waals surface area (Å²) in [6.45, 7) is 4.16. The number of thiophene rings is 1. The summed E-state index contributed by atoms with van der Waals surface area (Å²) in [7, 11) is 0. The maximum absolute atomic E-state index is 13.5. The van der Waals surface area contributed by atoms with Crippen LogP contribution in [-0.2, 0) is 28.9 Å². The summed E-state index contributed by atoms with van der Waals surface area (Å²) >= 11 is 1.59. The number of nitrogens with zero attached hydrogens (tertiary/aromatic N) is 2. The lowest BCUT2D eigenvalue weighted by atomic mass is 9.89. The highest BCUT2D eigenvalue weighted by Gasteiger charge is 2.34. The lowest BCUT2D eigenvalue weighted by Crippen LogP contribution is -2.47. The average molecular weight is 479 g/mol. The van der Waals surface area contributed by atoms with Crippen molar-refractivity contribution in [2.45, 2.75) is 45.7 Å². The summed E-state index contributed by atoms with van der Waals surface area (Å²) < 4.78 is 6.79. The molecule has 0 saturated heterocycles. The van der Waals surface area contributed by atoms with Gasteiger partial charge in [-0.1, -0.05) is 37.3 Å². The highest BCUT2D eigenvalue weighted by Crippen LogP contribution is 2.35. The first-order valence-corrected chi connectivity index (χ1v) is 12.3. The number of aryl methyl sites for hydroxylation is 1. The van der Waals surface area contributed by atoms with Gasteiger partial charge in [-0.05, 0) is 43.2 Å². The Labute approximate surface area is 200 Å². The summed E-state index contributed by atoms with van der Waals surface area (Å²) in [6.07, 6.45) is 4.38. The SMILES string of the molecule is CCOC(=O)C1=C(Cn2cnc3sc4c(c3c2=O)CCC(C)C4)NC(=O)NC1c1ccccc1. The second-order valence-corrected chi connectivity index (χ2v) is 9.85. The van der Waals surface area contributed by atoms with Crippen molar-refractivity contribution in [2.75, 3.05) is 6.61 Å². The van der Waals surface area contributed by atoms with Gasteiger partial charge >= 0.3 is 12.0 Å². The number of allylic oxidation sites excluding steroid dienone is 1. The molecule has 2 unspecified atom stereocenters. The van der Waals surface area contributed by atoms with E-state index in [1.54, 1.807) is 18.3 Å². The second kappa shape index (κ2) is 9.06. The zero-order chi connectivity index (χ0) is 23.8. The fourth-order valence-electron chi connectivity index (χ4n) is 4.74. The van der Waals surface area contributed by atoms with Gasteiger partial charge in [0, 0.05) is 4.88 Å². The summed E-state index contributed by atoms with van der Waals surface area (Å²) in [5, 5.41) is 6.21. The fourth-order valence-corrected chi connectivity index (χ4v) is 6.08. The molecule has 1 aliphatic heterocycles. The van der Waals surface area contributed by atoms with Crippen molar-refractivity contribution in [2.24, 2.45) is 5.92 Å². The second-order valence-electron chi connectivity index (χ2n) is 8.76. The highest BCUT2D eigenvalue weighted by atomic mass is 32.1. The van der Waals surface area contributed by atoms with E-state index in [1.807, 2.05) is 30.3 Å². The lowest BCUT2D eigenvalue weighted by molar-refractivity contribution is -0.139. The van der Waals surface area contributed by atoms with Gasteiger partial charge in [0.1, 0.15) is 4.83 Å². The number of hydrogen-bond acceptors (Lipinski definition) is 6. The van der Waals surface area contributed by atoms with Crippen LogP contribution < -0.4 is 16.2 Å². The third kappa shape index (κ3) is 4.00. The molecule has 34 heavy (non-hydrogen) atoms. The fraction of sp³-hybridized carbons (Fsp3) is 0.360. The minimum absolute atomic E-state index is 0.00764. The van der Waals surface area contributed by atoms with Gasteiger partial charge in [0.2, 0.25) is 0 Å². The number of urea groups is 1. The standard InChI is InChI=1S/C25H26N4O4S/c1-3-33-24(31)20-17(27-25(32)28-21(20)15-7-5-4-6-8-15)12-29-13-26-22-19(23(29)30)16-10-9-14(2)11-18(16)34-22/h4-8,13-14,21H,3,9-12H2,1-2H3,(H2,27,28,32). The quantitative estimate of drug-likeness (QED) is 0.547. The maximum Gasteiger partial charge on any atom is 0.338 e. The van der Waals surface area contributed by atoms with E-state index in [9.17, 15) is 14.4 Å². The number of ether oxygens (including phenoxy) is 1. The van der Waals surface area contributed by atoms with Gasteiger partial charge in [-0.25, -0.2) is 14.6 Å². The molecule has 2 amide bonds. The van der Waals surface area contributed by atoms with Crippen LogP contribution in [0.4, 0.5) is 4.79 Å². The first-order valence-electron chi connectivity index (χ1n) is 11.5. The van der Waals surface area contributed by atoms with Crippen LogP contribution in [0.5, 0.6) is 0 Å². The molecule has 1 aromatic carbocycles. The number of carbonyl (C=O) groups excluding carboxylic acids is 2. The molecule has 2 aromatic heterocycles. The molecule has 176 valence electrons. The number of benzene rings is 1. The molecule has 2 atom stereocenters. The van der Waals surface area contributed by atoms with Crippen molar-refractivity contribution in [1.29, 1.82) is 0 Å². The third-order valence-electron chi connectivity index (χ3n) is 6.39. The van der Waals surface area contributed by atoms with E-state index in [1.165, 1.54) is 15.8 Å². The van der Waals surface area contributed by atoms with Crippen molar-refractivity contribution in [3.8, 4) is 0 Å². The Balaban J connectivity index is 1.60. The van der Waals surface area contributed by atoms with E-state index < -0.39 is 18.0 Å². The van der Waals surface area contributed by atoms with Crippen molar-refractivity contribution < 1.29 is 14.3 Å². The van der Waals surface area contributed by atoms with Crippen LogP contribution in [0.3, 0.4) is 0 Å². The number of esters is 1. The Hall–Kier alpha value is -3.46. The van der Waals surface area contributed by atoms with E-state index in [0.717, 1.165) is 35.2 Å². The van der Waals surface area contributed by atoms with Crippen molar-refractivity contribution in [1.82, 2.24) is 20.2 Å². The van der Waals surface area contributed by atoms with Gasteiger partial charge in [0.05, 0.1) is 42.2 Å². The van der Waals surface area contributed by atoms with Crippen LogP contribution >= 0.6 is 11.3 Å². The zero-order valence-corrected chi connectivity index (χ0v) is 19.9. The molecular formula is C25H26N4O4S. The lowest BCUT2D eigenvalue weighted by Gasteiger charge is -2.29. The predicted octanol–water partition coefficient (Wildman–Crippen LogP) is 3.45. The maximum atomic E-state index is 13.5. The Kier molecular flexibility index (Phi) is 5.95. The Morgan fingerprint density at radius 2 is 2.06 bits per heavy atom. The van der Waals surface area contributed by atoms with Crippen LogP contribution in [0.25, 0.3) is 10.2 Å². The molecule has 0 spiro atoms. The Morgan fingerprint density at radius 3 is 2.82 bits per heavy atom. The van der Waals surface area contributed by atoms with Crippen LogP contribution in [0, 0.1) is 5.92 Å². The van der Waals surface area contributed by atoms with E-state index in [4.69, 9.17) is 4.74 Å². The van der Waals surface area contributed by atoms with Gasteiger partial charge in [0.25, 0.3) is 5.56 Å². The molecule has 0 fully saturated rings. The summed E-state index contributed by atoms with van der Waals surface area (Å²) in [6, 6.07) is 8.10. The molecule has 9 heteroatoms. The first kappa shape index (κ1) is 22.3. The van der Waals surface area contributed by atoms with Crippen LogP contribution in [0.1, 0.15) is 42.3 Å². The van der Waals surface area contributed by atoms with Gasteiger partial charge in [0.15, 0.2) is 0 Å². The molecule has 1 aliphatic carbocycles. The molecule has 0 saturated carbocycles. The molecular weight excluding hydrogens is 452 g/mol. The van der Waals surface area contributed by atoms with Crippen LogP contribution in [-0.4, -0.2) is 28.2 Å². The normalized spacial score (nSPS) is 20.0. The minimum atomic E-state index is -0.688. The number of carbonyl (C=O) groups is 2. The smallest absolute Gasteiger partial charge is 0.338 e. The number of rotatable bonds is 5. The molecule has 2 N–H and O–H groups in total. The summed E-state index contributed by atoms with van der Waals surface area (Å²) in [4.78, 5) is 45.6. The summed E-state index contributed by atoms with van der Waals surface area (Å²) in [5.74, 6) is 0.0581. The number of fused-ring (bicyclic) bond motifs is 3. The minimum Gasteiger partial charge on any atom is -0.463 e. The van der Waals surface area contributed by atoms with E-state index in [2.05, 4.69) is 22.5 Å². The molecule has 3 heterocycles. The largest absolute Gasteiger partial charge is 0.463 e. The van der Waals surface area contributed by atoms with Crippen LogP contribution in [0.15, 0.2) is 52.7 Å². The number of nitrogens with one attached hydrogen (secondary N) is 2.